The molecule has 2 aromatic rings. The molecule has 2 rings (SSSR count). The Kier molecular flexibility index (Phi) is 4.85. The lowest BCUT2D eigenvalue weighted by molar-refractivity contribution is 0.570. The fraction of sp³-hybridized carbons (Fsp3) is 0. The predicted molar refractivity (Wildman–Crippen MR) is 86.8 cm³/mol. The van der Waals surface area contributed by atoms with Crippen LogP contribution in [0.1, 0.15) is 0 Å². The number of nitrogen functional groups attached to an aromatic ring is 1. The van der Waals surface area contributed by atoms with E-state index in [2.05, 4.69) is 62.5 Å². The summed E-state index contributed by atoms with van der Waals surface area (Å²) in [6.07, 6.45) is 1.30. The lowest BCUT2D eigenvalue weighted by Crippen LogP contribution is -2.16. The van der Waals surface area contributed by atoms with Gasteiger partial charge in [0.05, 0.1) is 6.20 Å². The third kappa shape index (κ3) is 3.71. The molecule has 0 spiro atoms. The second-order valence-corrected chi connectivity index (χ2v) is 7.81. The van der Waals surface area contributed by atoms with Crippen LogP contribution in [-0.4, -0.2) is 18.4 Å². The second kappa shape index (κ2) is 6.15. The Balaban J connectivity index is 2.46. The fourth-order valence-corrected chi connectivity index (χ4v) is 3.82. The third-order valence-electron chi connectivity index (χ3n) is 2.27. The van der Waals surface area contributed by atoms with Gasteiger partial charge in [-0.05, 0) is 59.9 Å². The Morgan fingerprint density at radius 1 is 1.24 bits per heavy atom. The van der Waals surface area contributed by atoms with Crippen LogP contribution in [0.25, 0.3) is 0 Å². The maximum Gasteiger partial charge on any atom is 0.266 e. The molecule has 0 bridgehead atoms. The summed E-state index contributed by atoms with van der Waals surface area (Å²) < 4.78 is 41.2. The van der Waals surface area contributed by atoms with Crippen molar-refractivity contribution in [2.24, 2.45) is 0 Å². The maximum atomic E-state index is 13.8. The molecule has 0 saturated carbocycles. The van der Waals surface area contributed by atoms with Gasteiger partial charge in [-0.15, -0.1) is 0 Å². The van der Waals surface area contributed by atoms with Gasteiger partial charge in [0.2, 0.25) is 0 Å². The highest BCUT2D eigenvalue weighted by Gasteiger charge is 2.22. The number of nitrogens with zero attached hydrogens (tertiary/aromatic N) is 2. The Bertz CT molecular complexity index is 816. The summed E-state index contributed by atoms with van der Waals surface area (Å²) in [7, 11) is -4.19. The van der Waals surface area contributed by atoms with Gasteiger partial charge in [0.25, 0.3) is 10.0 Å². The summed E-state index contributed by atoms with van der Waals surface area (Å²) in [6, 6.07) is 1.99. The highest BCUT2D eigenvalue weighted by Crippen LogP contribution is 2.28. The number of sulfonamides is 1. The number of halogens is 4. The minimum atomic E-state index is -4.19. The van der Waals surface area contributed by atoms with Crippen molar-refractivity contribution in [3.8, 4) is 0 Å². The molecule has 1 aromatic carbocycles. The lowest BCUT2D eigenvalue weighted by Gasteiger charge is -2.10. The first kappa shape index (κ1) is 16.6. The zero-order chi connectivity index (χ0) is 15.8. The molecule has 112 valence electrons. The van der Waals surface area contributed by atoms with Crippen molar-refractivity contribution in [2.75, 3.05) is 10.5 Å². The Morgan fingerprint density at radius 2 is 1.90 bits per heavy atom. The Hall–Kier alpha value is -0.780. The van der Waals surface area contributed by atoms with Crippen LogP contribution >= 0.6 is 47.8 Å². The summed E-state index contributed by atoms with van der Waals surface area (Å²) in [4.78, 5) is 7.19. The van der Waals surface area contributed by atoms with Crippen LogP contribution < -0.4 is 10.5 Å². The topological polar surface area (TPSA) is 98.0 Å². The van der Waals surface area contributed by atoms with Gasteiger partial charge in [-0.25, -0.2) is 22.8 Å². The highest BCUT2D eigenvalue weighted by atomic mass is 79.9. The number of benzene rings is 1. The number of anilines is 2. The van der Waals surface area contributed by atoms with Crippen molar-refractivity contribution >= 4 is 69.3 Å². The minimum Gasteiger partial charge on any atom is -0.398 e. The van der Waals surface area contributed by atoms with Crippen LogP contribution in [0.15, 0.2) is 36.9 Å². The average molecular weight is 505 g/mol. The van der Waals surface area contributed by atoms with E-state index in [4.69, 9.17) is 5.73 Å². The van der Waals surface area contributed by atoms with E-state index in [0.717, 1.165) is 12.1 Å². The number of nitrogens with two attached hydrogens (primary N) is 1. The molecule has 1 heterocycles. The smallest absolute Gasteiger partial charge is 0.266 e. The second-order valence-electron chi connectivity index (χ2n) is 3.74. The number of rotatable bonds is 3. The first-order chi connectivity index (χ1) is 9.70. The van der Waals surface area contributed by atoms with Crippen molar-refractivity contribution in [3.05, 3.63) is 37.8 Å². The molecule has 11 heteroatoms. The van der Waals surface area contributed by atoms with Crippen LogP contribution in [0.3, 0.4) is 0 Å². The first-order valence-corrected chi connectivity index (χ1v) is 9.02. The molecule has 0 aliphatic rings. The van der Waals surface area contributed by atoms with Gasteiger partial charge in [0.1, 0.15) is 15.3 Å². The molecular formula is C10H6Br3FN4O2S. The molecule has 0 aliphatic carbocycles. The lowest BCUT2D eigenvalue weighted by atomic mass is 10.3. The molecule has 3 N–H and O–H groups in total. The number of nitrogens with one attached hydrogen (secondary N) is 1. The van der Waals surface area contributed by atoms with E-state index in [1.807, 2.05) is 0 Å². The van der Waals surface area contributed by atoms with E-state index in [0.29, 0.717) is 4.60 Å². The molecule has 0 amide bonds. The zero-order valence-electron chi connectivity index (χ0n) is 9.94. The van der Waals surface area contributed by atoms with Crippen molar-refractivity contribution in [1.29, 1.82) is 0 Å². The highest BCUT2D eigenvalue weighted by molar-refractivity contribution is 9.11. The molecule has 0 atom stereocenters. The molecular weight excluding hydrogens is 499 g/mol. The molecule has 0 saturated heterocycles. The van der Waals surface area contributed by atoms with Gasteiger partial charge in [-0.2, -0.15) is 0 Å². The Morgan fingerprint density at radius 3 is 2.52 bits per heavy atom. The van der Waals surface area contributed by atoms with Crippen LogP contribution in [0.2, 0.25) is 0 Å². The van der Waals surface area contributed by atoms with E-state index in [9.17, 15) is 12.8 Å². The van der Waals surface area contributed by atoms with Gasteiger partial charge in [-0.1, -0.05) is 0 Å². The SMILES string of the molecule is Nc1cc(S(=O)(=O)Nc2ncc(Br)nc2Br)c(F)cc1Br. The van der Waals surface area contributed by atoms with Crippen LogP contribution in [-0.2, 0) is 10.0 Å². The van der Waals surface area contributed by atoms with Crippen molar-refractivity contribution < 1.29 is 12.8 Å². The van der Waals surface area contributed by atoms with Gasteiger partial charge in [0, 0.05) is 10.2 Å². The van der Waals surface area contributed by atoms with Crippen LogP contribution in [0.5, 0.6) is 0 Å². The Labute approximate surface area is 144 Å². The fourth-order valence-electron chi connectivity index (χ4n) is 1.35. The molecule has 6 nitrogen and oxygen atoms in total. The quantitative estimate of drug-likeness (QED) is 0.625. The van der Waals surface area contributed by atoms with Crippen molar-refractivity contribution in [3.63, 3.8) is 0 Å². The van der Waals surface area contributed by atoms with E-state index < -0.39 is 20.7 Å². The van der Waals surface area contributed by atoms with Crippen molar-refractivity contribution in [1.82, 2.24) is 9.97 Å². The van der Waals surface area contributed by atoms with Crippen LogP contribution in [0, 0.1) is 5.82 Å². The van der Waals surface area contributed by atoms with E-state index in [1.54, 1.807) is 0 Å². The molecule has 1 aromatic heterocycles. The first-order valence-electron chi connectivity index (χ1n) is 5.16. The monoisotopic (exact) mass is 502 g/mol. The predicted octanol–water partition coefficient (Wildman–Crippen LogP) is 3.29. The minimum absolute atomic E-state index is 0.0703. The summed E-state index contributed by atoms with van der Waals surface area (Å²) in [5.74, 6) is -1.01. The summed E-state index contributed by atoms with van der Waals surface area (Å²) >= 11 is 9.17. The van der Waals surface area contributed by atoms with E-state index in [1.165, 1.54) is 6.20 Å². The maximum absolute atomic E-state index is 13.8. The van der Waals surface area contributed by atoms with E-state index in [-0.39, 0.29) is 20.6 Å². The largest absolute Gasteiger partial charge is 0.398 e. The zero-order valence-corrected chi connectivity index (χ0v) is 15.5. The molecule has 21 heavy (non-hydrogen) atoms. The molecule has 0 radical (unpaired) electrons. The molecule has 0 fully saturated rings. The molecule has 0 unspecified atom stereocenters. The summed E-state index contributed by atoms with van der Waals surface area (Å²) in [6.45, 7) is 0. The van der Waals surface area contributed by atoms with Crippen LogP contribution in [0.4, 0.5) is 15.9 Å². The number of hydrogen-bond acceptors (Lipinski definition) is 5. The standard InChI is InChI=1S/C10H6Br3FN4O2S/c11-4-1-5(14)7(2-6(4)15)21(19,20)18-10-9(13)17-8(12)3-16-10/h1-3H,15H2,(H,16,18). The third-order valence-corrected chi connectivity index (χ3v) is 5.25. The van der Waals surface area contributed by atoms with Gasteiger partial charge in [0.15, 0.2) is 10.4 Å². The average Bonchev–Trinajstić information content (AvgIpc) is 2.37. The van der Waals surface area contributed by atoms with Gasteiger partial charge in [-0.3, -0.25) is 4.72 Å². The van der Waals surface area contributed by atoms with Crippen molar-refractivity contribution in [2.45, 2.75) is 4.90 Å². The molecule has 0 aliphatic heterocycles. The summed E-state index contributed by atoms with van der Waals surface area (Å²) in [5, 5.41) is 0. The van der Waals surface area contributed by atoms with Gasteiger partial charge >= 0.3 is 0 Å². The number of aromatic nitrogens is 2. The van der Waals surface area contributed by atoms with Gasteiger partial charge < -0.3 is 5.73 Å². The van der Waals surface area contributed by atoms with E-state index >= 15 is 0 Å². The normalized spacial score (nSPS) is 11.4. The number of hydrogen-bond donors (Lipinski definition) is 2. The summed E-state index contributed by atoms with van der Waals surface area (Å²) in [5.41, 5.74) is 5.68.